The summed E-state index contributed by atoms with van der Waals surface area (Å²) in [6.45, 7) is 3.59. The van der Waals surface area contributed by atoms with Gasteiger partial charge in [0.25, 0.3) is 5.91 Å². The lowest BCUT2D eigenvalue weighted by Crippen LogP contribution is -2.43. The largest absolute Gasteiger partial charge is 0.449 e. The lowest BCUT2D eigenvalue weighted by atomic mass is 10.1. The molecule has 136 valence electrons. The van der Waals surface area contributed by atoms with Gasteiger partial charge in [-0.05, 0) is 56.4 Å². The monoisotopic (exact) mass is 389 g/mol. The molecule has 6 heteroatoms. The van der Waals surface area contributed by atoms with Crippen molar-refractivity contribution >= 4 is 40.9 Å². The lowest BCUT2D eigenvalue weighted by Gasteiger charge is -2.26. The van der Waals surface area contributed by atoms with E-state index in [9.17, 15) is 9.59 Å². The van der Waals surface area contributed by atoms with Crippen molar-refractivity contribution in [2.45, 2.75) is 37.3 Å². The molecule has 2 aromatic rings. The van der Waals surface area contributed by atoms with Crippen molar-refractivity contribution in [3.63, 3.8) is 0 Å². The third-order valence-corrected chi connectivity index (χ3v) is 5.52. The molecule has 4 nitrogen and oxygen atoms in total. The summed E-state index contributed by atoms with van der Waals surface area (Å²) in [7, 11) is 0. The zero-order valence-electron chi connectivity index (χ0n) is 14.9. The normalized spacial score (nSPS) is 16.9. The number of rotatable bonds is 4. The SMILES string of the molecule is CSc1ccc(Cl)c(C(=O)O[C@@H](C)C(=O)N2c3ccccc3C[C@H]2C)c1. The number of amides is 1. The van der Waals surface area contributed by atoms with Crippen molar-refractivity contribution in [3.8, 4) is 0 Å². The molecular weight excluding hydrogens is 370 g/mol. The average molecular weight is 390 g/mol. The number of benzene rings is 2. The standard InChI is InChI=1S/C20H20ClNO3S/c1-12-10-14-6-4-5-7-18(14)22(12)19(23)13(2)25-20(24)16-11-15(26-3)8-9-17(16)21/h4-9,11-13H,10H2,1-3H3/t12-,13+/m1/s1. The van der Waals surface area contributed by atoms with E-state index in [0.29, 0.717) is 5.02 Å². The van der Waals surface area contributed by atoms with Gasteiger partial charge in [0.15, 0.2) is 6.10 Å². The van der Waals surface area contributed by atoms with E-state index < -0.39 is 12.1 Å². The first-order chi connectivity index (χ1) is 12.4. The molecule has 0 saturated heterocycles. The van der Waals surface area contributed by atoms with E-state index >= 15 is 0 Å². The predicted molar refractivity (Wildman–Crippen MR) is 105 cm³/mol. The number of thioether (sulfide) groups is 1. The minimum Gasteiger partial charge on any atom is -0.449 e. The van der Waals surface area contributed by atoms with Crippen molar-refractivity contribution in [2.24, 2.45) is 0 Å². The molecule has 3 rings (SSSR count). The van der Waals surface area contributed by atoms with Crippen molar-refractivity contribution in [3.05, 3.63) is 58.6 Å². The second-order valence-corrected chi connectivity index (χ2v) is 7.57. The van der Waals surface area contributed by atoms with Crippen LogP contribution >= 0.6 is 23.4 Å². The third kappa shape index (κ3) is 3.60. The van der Waals surface area contributed by atoms with E-state index in [2.05, 4.69) is 0 Å². The highest BCUT2D eigenvalue weighted by atomic mass is 35.5. The summed E-state index contributed by atoms with van der Waals surface area (Å²) in [5.41, 5.74) is 2.28. The van der Waals surface area contributed by atoms with Crippen LogP contribution in [0.1, 0.15) is 29.8 Å². The number of hydrogen-bond donors (Lipinski definition) is 0. The molecule has 0 bridgehead atoms. The van der Waals surface area contributed by atoms with Crippen molar-refractivity contribution < 1.29 is 14.3 Å². The summed E-state index contributed by atoms with van der Waals surface area (Å²) < 4.78 is 5.43. The van der Waals surface area contributed by atoms with Crippen LogP contribution < -0.4 is 4.90 Å². The Labute approximate surface area is 162 Å². The Bertz CT molecular complexity index is 855. The van der Waals surface area contributed by atoms with Crippen LogP contribution in [-0.4, -0.2) is 30.3 Å². The second kappa shape index (κ2) is 7.72. The average Bonchev–Trinajstić information content (AvgIpc) is 2.97. The number of para-hydroxylation sites is 1. The van der Waals surface area contributed by atoms with Gasteiger partial charge >= 0.3 is 5.97 Å². The number of nitrogens with zero attached hydrogens (tertiary/aromatic N) is 1. The number of esters is 1. The molecule has 1 aliphatic rings. The van der Waals surface area contributed by atoms with Gasteiger partial charge in [0, 0.05) is 16.6 Å². The number of fused-ring (bicyclic) bond motifs is 1. The molecule has 26 heavy (non-hydrogen) atoms. The van der Waals surface area contributed by atoms with Gasteiger partial charge in [0.1, 0.15) is 0 Å². The van der Waals surface area contributed by atoms with E-state index in [1.54, 1.807) is 24.0 Å². The molecule has 1 amide bonds. The maximum atomic E-state index is 12.9. The molecule has 0 N–H and O–H groups in total. The zero-order chi connectivity index (χ0) is 18.8. The number of carbonyl (C=O) groups is 2. The Hall–Kier alpha value is -1.98. The molecule has 2 aromatic carbocycles. The molecule has 1 heterocycles. The Morgan fingerprint density at radius 3 is 2.73 bits per heavy atom. The van der Waals surface area contributed by atoms with Crippen LogP contribution in [0, 0.1) is 0 Å². The highest BCUT2D eigenvalue weighted by Gasteiger charge is 2.34. The lowest BCUT2D eigenvalue weighted by molar-refractivity contribution is -0.126. The van der Waals surface area contributed by atoms with Crippen molar-refractivity contribution in [2.75, 3.05) is 11.2 Å². The number of ether oxygens (including phenoxy) is 1. The fourth-order valence-electron chi connectivity index (χ4n) is 3.16. The predicted octanol–water partition coefficient (Wildman–Crippen LogP) is 4.59. The minimum atomic E-state index is -0.898. The number of carbonyl (C=O) groups excluding carboxylic acids is 2. The molecule has 0 unspecified atom stereocenters. The second-order valence-electron chi connectivity index (χ2n) is 6.28. The fraction of sp³-hybridized carbons (Fsp3) is 0.300. The highest BCUT2D eigenvalue weighted by molar-refractivity contribution is 7.98. The van der Waals surface area contributed by atoms with Gasteiger partial charge in [0.05, 0.1) is 10.6 Å². The molecule has 0 aromatic heterocycles. The van der Waals surface area contributed by atoms with Gasteiger partial charge in [-0.1, -0.05) is 29.8 Å². The first-order valence-corrected chi connectivity index (χ1v) is 9.98. The van der Waals surface area contributed by atoms with Gasteiger partial charge in [-0.25, -0.2) is 4.79 Å². The van der Waals surface area contributed by atoms with Crippen LogP contribution in [0.3, 0.4) is 0 Å². The van der Waals surface area contributed by atoms with Crippen molar-refractivity contribution in [1.82, 2.24) is 0 Å². The molecule has 0 aliphatic carbocycles. The molecule has 2 atom stereocenters. The van der Waals surface area contributed by atoms with Crippen LogP contribution in [0.5, 0.6) is 0 Å². The van der Waals surface area contributed by atoms with Crippen LogP contribution in [0.4, 0.5) is 5.69 Å². The molecule has 0 saturated carbocycles. The smallest absolute Gasteiger partial charge is 0.340 e. The Morgan fingerprint density at radius 2 is 2.00 bits per heavy atom. The van der Waals surface area contributed by atoms with Gasteiger partial charge in [-0.2, -0.15) is 0 Å². The van der Waals surface area contributed by atoms with E-state index in [1.165, 1.54) is 11.8 Å². The molecular formula is C20H20ClNO3S. The highest BCUT2D eigenvalue weighted by Crippen LogP contribution is 2.32. The van der Waals surface area contributed by atoms with Gasteiger partial charge in [-0.15, -0.1) is 11.8 Å². The molecule has 0 radical (unpaired) electrons. The maximum absolute atomic E-state index is 12.9. The quantitative estimate of drug-likeness (QED) is 0.567. The van der Waals surface area contributed by atoms with E-state index in [4.69, 9.17) is 16.3 Å². The molecule has 0 spiro atoms. The van der Waals surface area contributed by atoms with Crippen LogP contribution in [0.25, 0.3) is 0 Å². The Kier molecular flexibility index (Phi) is 5.58. The summed E-state index contributed by atoms with van der Waals surface area (Å²) in [6.07, 6.45) is 1.81. The van der Waals surface area contributed by atoms with Crippen LogP contribution in [0.2, 0.25) is 5.02 Å². The Balaban J connectivity index is 1.77. The molecule has 0 fully saturated rings. The van der Waals surface area contributed by atoms with Crippen LogP contribution in [-0.2, 0) is 16.0 Å². The number of halogens is 1. The first-order valence-electron chi connectivity index (χ1n) is 8.38. The van der Waals surface area contributed by atoms with Gasteiger partial charge in [0.2, 0.25) is 0 Å². The van der Waals surface area contributed by atoms with E-state index in [0.717, 1.165) is 22.6 Å². The minimum absolute atomic E-state index is 0.0319. The van der Waals surface area contributed by atoms with Gasteiger partial charge < -0.3 is 9.64 Å². The van der Waals surface area contributed by atoms with E-state index in [-0.39, 0.29) is 17.5 Å². The number of hydrogen-bond acceptors (Lipinski definition) is 4. The number of anilines is 1. The third-order valence-electron chi connectivity index (χ3n) is 4.47. The fourth-order valence-corrected chi connectivity index (χ4v) is 3.79. The first kappa shape index (κ1) is 18.8. The summed E-state index contributed by atoms with van der Waals surface area (Å²) in [4.78, 5) is 28.0. The Morgan fingerprint density at radius 1 is 1.27 bits per heavy atom. The maximum Gasteiger partial charge on any atom is 0.340 e. The van der Waals surface area contributed by atoms with Gasteiger partial charge in [-0.3, -0.25) is 4.79 Å². The summed E-state index contributed by atoms with van der Waals surface area (Å²) in [5, 5.41) is 0.312. The zero-order valence-corrected chi connectivity index (χ0v) is 16.4. The summed E-state index contributed by atoms with van der Waals surface area (Å²) in [6, 6.07) is 13.0. The summed E-state index contributed by atoms with van der Waals surface area (Å²) in [5.74, 6) is -0.820. The van der Waals surface area contributed by atoms with Crippen molar-refractivity contribution in [1.29, 1.82) is 0 Å². The molecule has 1 aliphatic heterocycles. The topological polar surface area (TPSA) is 46.6 Å². The van der Waals surface area contributed by atoms with E-state index in [1.807, 2.05) is 43.5 Å². The summed E-state index contributed by atoms with van der Waals surface area (Å²) >= 11 is 7.63. The van der Waals surface area contributed by atoms with Crippen LogP contribution in [0.15, 0.2) is 47.4 Å².